The first kappa shape index (κ1) is 18.1. The summed E-state index contributed by atoms with van der Waals surface area (Å²) in [5.74, 6) is -1.28. The molecule has 0 unspecified atom stereocenters. The summed E-state index contributed by atoms with van der Waals surface area (Å²) in [6.07, 6.45) is 0.966. The van der Waals surface area contributed by atoms with Gasteiger partial charge in [-0.3, -0.25) is 19.7 Å². The number of rotatable bonds is 9. The third-order valence-corrected chi connectivity index (χ3v) is 2.37. The van der Waals surface area contributed by atoms with Crippen LogP contribution in [0.5, 0.6) is 0 Å². The van der Waals surface area contributed by atoms with Crippen molar-refractivity contribution >= 4 is 29.4 Å². The number of aromatic nitrogens is 2. The van der Waals surface area contributed by atoms with Gasteiger partial charge in [0.2, 0.25) is 11.8 Å². The van der Waals surface area contributed by atoms with Crippen molar-refractivity contribution in [3.05, 3.63) is 16.3 Å². The normalized spacial score (nSPS) is 9.83. The molecule has 0 aliphatic heterocycles. The molecular formula is C12H17N5O6. The zero-order valence-corrected chi connectivity index (χ0v) is 12.7. The lowest BCUT2D eigenvalue weighted by molar-refractivity contribution is -0.384. The quantitative estimate of drug-likeness (QED) is 0.369. The fourth-order valence-electron chi connectivity index (χ4n) is 1.46. The van der Waals surface area contributed by atoms with Crippen LogP contribution in [0.2, 0.25) is 0 Å². The molecule has 1 aromatic rings. The molecule has 1 rings (SSSR count). The maximum Gasteiger partial charge on any atom is 0.329 e. The lowest BCUT2D eigenvalue weighted by atomic mass is 10.4. The van der Waals surface area contributed by atoms with Crippen molar-refractivity contribution in [1.29, 1.82) is 0 Å². The summed E-state index contributed by atoms with van der Waals surface area (Å²) in [4.78, 5) is 40.4. The van der Waals surface area contributed by atoms with Crippen LogP contribution in [0, 0.1) is 10.1 Å². The lowest BCUT2D eigenvalue weighted by Crippen LogP contribution is -2.20. The van der Waals surface area contributed by atoms with Gasteiger partial charge in [-0.25, -0.2) is 4.98 Å². The van der Waals surface area contributed by atoms with Gasteiger partial charge in [-0.2, -0.15) is 4.98 Å². The molecule has 0 aliphatic carbocycles. The average molecular weight is 327 g/mol. The summed E-state index contributed by atoms with van der Waals surface area (Å²) in [6.45, 7) is 3.25. The van der Waals surface area contributed by atoms with Crippen molar-refractivity contribution in [2.24, 2.45) is 0 Å². The van der Waals surface area contributed by atoms with E-state index in [1.54, 1.807) is 13.8 Å². The van der Waals surface area contributed by atoms with Gasteiger partial charge in [0, 0.05) is 0 Å². The van der Waals surface area contributed by atoms with E-state index in [1.165, 1.54) is 0 Å². The molecule has 1 heterocycles. The van der Waals surface area contributed by atoms with Gasteiger partial charge in [-0.15, -0.1) is 0 Å². The zero-order chi connectivity index (χ0) is 17.2. The minimum absolute atomic E-state index is 0.0185. The molecule has 23 heavy (non-hydrogen) atoms. The molecule has 11 nitrogen and oxygen atoms in total. The maximum absolute atomic E-state index is 11.3. The van der Waals surface area contributed by atoms with E-state index in [4.69, 9.17) is 9.47 Å². The number of ether oxygens (including phenoxy) is 2. The number of hydrogen-bond donors (Lipinski definition) is 2. The first-order chi connectivity index (χ1) is 11.0. The maximum atomic E-state index is 11.3. The van der Waals surface area contributed by atoms with Crippen LogP contribution in [-0.4, -0.2) is 53.1 Å². The monoisotopic (exact) mass is 327 g/mol. The second-order valence-corrected chi connectivity index (χ2v) is 4.00. The average Bonchev–Trinajstić information content (AvgIpc) is 2.51. The summed E-state index contributed by atoms with van der Waals surface area (Å²) >= 11 is 0. The molecule has 0 aromatic carbocycles. The van der Waals surface area contributed by atoms with Gasteiger partial charge in [0.05, 0.1) is 18.1 Å². The van der Waals surface area contributed by atoms with Crippen LogP contribution in [0.3, 0.4) is 0 Å². The standard InChI is InChI=1S/C12H17N5O6/c1-3-22-9(18)6-13-11-8(17(20)21)5-14-12(16-11)15-7-10(19)23-4-2/h5H,3-4,6-7H2,1-2H3,(H2,13,14,15,16). The van der Waals surface area contributed by atoms with Gasteiger partial charge in [0.1, 0.15) is 19.3 Å². The fourth-order valence-corrected chi connectivity index (χ4v) is 1.46. The summed E-state index contributed by atoms with van der Waals surface area (Å²) in [5, 5.41) is 16.0. The molecule has 126 valence electrons. The predicted molar refractivity (Wildman–Crippen MR) is 78.9 cm³/mol. The Morgan fingerprint density at radius 1 is 1.17 bits per heavy atom. The first-order valence-corrected chi connectivity index (χ1v) is 6.78. The molecule has 0 saturated heterocycles. The number of anilines is 2. The van der Waals surface area contributed by atoms with E-state index in [2.05, 4.69) is 20.6 Å². The number of carbonyl (C=O) groups is 2. The van der Waals surface area contributed by atoms with Gasteiger partial charge >= 0.3 is 17.6 Å². The highest BCUT2D eigenvalue weighted by molar-refractivity contribution is 5.76. The van der Waals surface area contributed by atoms with E-state index in [9.17, 15) is 19.7 Å². The highest BCUT2D eigenvalue weighted by Crippen LogP contribution is 2.21. The Balaban J connectivity index is 2.79. The second kappa shape index (κ2) is 9.12. The minimum atomic E-state index is -0.692. The smallest absolute Gasteiger partial charge is 0.329 e. The Morgan fingerprint density at radius 2 is 1.74 bits per heavy atom. The number of esters is 2. The van der Waals surface area contributed by atoms with E-state index in [0.29, 0.717) is 0 Å². The Bertz CT molecular complexity index is 579. The molecule has 0 saturated carbocycles. The summed E-state index contributed by atoms with van der Waals surface area (Å²) in [7, 11) is 0. The molecule has 0 atom stereocenters. The van der Waals surface area contributed by atoms with Crippen molar-refractivity contribution in [3.63, 3.8) is 0 Å². The number of hydrogen-bond acceptors (Lipinski definition) is 10. The van der Waals surface area contributed by atoms with Crippen LogP contribution < -0.4 is 10.6 Å². The van der Waals surface area contributed by atoms with E-state index in [-0.39, 0.29) is 38.1 Å². The summed E-state index contributed by atoms with van der Waals surface area (Å²) in [6, 6.07) is 0. The molecular weight excluding hydrogens is 310 g/mol. The van der Waals surface area contributed by atoms with E-state index >= 15 is 0 Å². The SMILES string of the molecule is CCOC(=O)CNc1ncc([N+](=O)[O-])c(NCC(=O)OCC)n1. The van der Waals surface area contributed by atoms with Crippen molar-refractivity contribution in [2.75, 3.05) is 36.9 Å². The lowest BCUT2D eigenvalue weighted by Gasteiger charge is -2.08. The second-order valence-electron chi connectivity index (χ2n) is 4.00. The molecule has 0 fully saturated rings. The molecule has 0 spiro atoms. The molecule has 0 aliphatic rings. The van der Waals surface area contributed by atoms with Crippen molar-refractivity contribution in [1.82, 2.24) is 9.97 Å². The Hall–Kier alpha value is -2.98. The Kier molecular flexibility index (Phi) is 7.17. The Morgan fingerprint density at radius 3 is 2.26 bits per heavy atom. The number of nitro groups is 1. The summed E-state index contributed by atoms with van der Waals surface area (Å²) in [5.41, 5.74) is -0.406. The molecule has 0 radical (unpaired) electrons. The van der Waals surface area contributed by atoms with Crippen LogP contribution >= 0.6 is 0 Å². The Labute approximate surface area is 131 Å². The van der Waals surface area contributed by atoms with E-state index < -0.39 is 22.5 Å². The van der Waals surface area contributed by atoms with Crippen LogP contribution in [0.1, 0.15) is 13.8 Å². The van der Waals surface area contributed by atoms with Crippen LogP contribution in [0.4, 0.5) is 17.5 Å². The number of nitrogens with one attached hydrogen (secondary N) is 2. The third kappa shape index (κ3) is 6.11. The van der Waals surface area contributed by atoms with Crippen LogP contribution in [0.25, 0.3) is 0 Å². The van der Waals surface area contributed by atoms with Crippen molar-refractivity contribution < 1.29 is 24.0 Å². The molecule has 11 heteroatoms. The third-order valence-electron chi connectivity index (χ3n) is 2.37. The molecule has 2 N–H and O–H groups in total. The first-order valence-electron chi connectivity index (χ1n) is 6.78. The molecule has 0 amide bonds. The minimum Gasteiger partial charge on any atom is -0.465 e. The number of nitrogens with zero attached hydrogens (tertiary/aromatic N) is 3. The topological polar surface area (TPSA) is 146 Å². The van der Waals surface area contributed by atoms with Crippen LogP contribution in [0.15, 0.2) is 6.20 Å². The fraction of sp³-hybridized carbons (Fsp3) is 0.500. The largest absolute Gasteiger partial charge is 0.465 e. The highest BCUT2D eigenvalue weighted by Gasteiger charge is 2.18. The number of carbonyl (C=O) groups excluding carboxylic acids is 2. The van der Waals surface area contributed by atoms with Gasteiger partial charge in [-0.1, -0.05) is 0 Å². The molecule has 1 aromatic heterocycles. The van der Waals surface area contributed by atoms with Gasteiger partial charge in [-0.05, 0) is 13.8 Å². The van der Waals surface area contributed by atoms with Gasteiger partial charge < -0.3 is 20.1 Å². The van der Waals surface area contributed by atoms with Gasteiger partial charge in [0.15, 0.2) is 0 Å². The van der Waals surface area contributed by atoms with E-state index in [1.807, 2.05) is 0 Å². The van der Waals surface area contributed by atoms with Crippen LogP contribution in [-0.2, 0) is 19.1 Å². The molecule has 0 bridgehead atoms. The van der Waals surface area contributed by atoms with Crippen molar-refractivity contribution in [3.8, 4) is 0 Å². The van der Waals surface area contributed by atoms with Gasteiger partial charge in [0.25, 0.3) is 0 Å². The highest BCUT2D eigenvalue weighted by atomic mass is 16.6. The summed E-state index contributed by atoms with van der Waals surface area (Å²) < 4.78 is 9.43. The van der Waals surface area contributed by atoms with Crippen molar-refractivity contribution in [2.45, 2.75) is 13.8 Å². The predicted octanol–water partition coefficient (Wildman–Crippen LogP) is 0.335. The zero-order valence-electron chi connectivity index (χ0n) is 12.7. The van der Waals surface area contributed by atoms with E-state index in [0.717, 1.165) is 6.20 Å².